The van der Waals surface area contributed by atoms with Crippen molar-refractivity contribution < 1.29 is 0 Å². The lowest BCUT2D eigenvalue weighted by Gasteiger charge is -2.45. The van der Waals surface area contributed by atoms with Gasteiger partial charge in [-0.25, -0.2) is 0 Å². The quantitative estimate of drug-likeness (QED) is 0.116. The topological polar surface area (TPSA) is 52.0 Å². The van der Waals surface area contributed by atoms with Crippen LogP contribution in [-0.4, -0.2) is 0 Å². The van der Waals surface area contributed by atoms with Crippen LogP contribution in [0.3, 0.4) is 0 Å². The molecule has 1 fully saturated rings. The zero-order valence-corrected chi connectivity index (χ0v) is 29.2. The summed E-state index contributed by atoms with van der Waals surface area (Å²) in [6, 6.07) is 32.4. The van der Waals surface area contributed by atoms with Gasteiger partial charge in [-0.1, -0.05) is 133 Å². The molecular weight excluding hydrogens is 556 g/mol. The van der Waals surface area contributed by atoms with Gasteiger partial charge in [0.05, 0.1) is 0 Å². The van der Waals surface area contributed by atoms with Crippen LogP contribution in [-0.2, 0) is 5.41 Å². The van der Waals surface area contributed by atoms with Crippen LogP contribution in [0.25, 0.3) is 0 Å². The molecule has 2 heteroatoms. The van der Waals surface area contributed by atoms with E-state index in [4.69, 9.17) is 11.5 Å². The molecule has 2 nitrogen and oxygen atoms in total. The Labute approximate surface area is 280 Å². The molecule has 2 unspecified atom stereocenters. The Hall–Kier alpha value is -3.52. The zero-order chi connectivity index (χ0) is 32.7. The molecule has 46 heavy (non-hydrogen) atoms. The Balaban J connectivity index is 1.54. The number of unbranched alkanes of at least 4 members (excludes halogenated alkanes) is 4. The normalized spacial score (nSPS) is 16.5. The van der Waals surface area contributed by atoms with E-state index < -0.39 is 0 Å². The predicted molar refractivity (Wildman–Crippen MR) is 200 cm³/mol. The van der Waals surface area contributed by atoms with Crippen LogP contribution in [0, 0.1) is 19.8 Å². The smallest absolute Gasteiger partial charge is 0.0316 e. The Morgan fingerprint density at radius 1 is 0.609 bits per heavy atom. The van der Waals surface area contributed by atoms with Crippen LogP contribution >= 0.6 is 0 Å². The van der Waals surface area contributed by atoms with Crippen molar-refractivity contribution in [3.63, 3.8) is 0 Å². The lowest BCUT2D eigenvalue weighted by molar-refractivity contribution is 0.220. The fraction of sp³-hybridized carbons (Fsp3) is 0.455. The van der Waals surface area contributed by atoms with Gasteiger partial charge in [0.2, 0.25) is 0 Å². The van der Waals surface area contributed by atoms with Crippen LogP contribution in [0.2, 0.25) is 0 Å². The fourth-order valence-corrected chi connectivity index (χ4v) is 8.60. The molecule has 5 rings (SSSR count). The molecule has 4 aromatic carbocycles. The molecule has 0 heterocycles. The van der Waals surface area contributed by atoms with E-state index in [-0.39, 0.29) is 5.41 Å². The van der Waals surface area contributed by atoms with E-state index in [1.165, 1.54) is 115 Å². The number of rotatable bonds is 13. The van der Waals surface area contributed by atoms with Crippen LogP contribution in [0.5, 0.6) is 0 Å². The summed E-state index contributed by atoms with van der Waals surface area (Å²) in [5.74, 6) is 1.31. The maximum atomic E-state index is 6.09. The summed E-state index contributed by atoms with van der Waals surface area (Å²) in [7, 11) is 0. The summed E-state index contributed by atoms with van der Waals surface area (Å²) in [6.45, 7) is 11.3. The zero-order valence-electron chi connectivity index (χ0n) is 29.2. The lowest BCUT2D eigenvalue weighted by atomic mass is 9.59. The average molecular weight is 615 g/mol. The molecule has 0 saturated heterocycles. The molecule has 1 aliphatic carbocycles. The largest absolute Gasteiger partial charge is 0.399 e. The summed E-state index contributed by atoms with van der Waals surface area (Å²) >= 11 is 0. The van der Waals surface area contributed by atoms with Gasteiger partial charge in [-0.15, -0.1) is 0 Å². The highest BCUT2D eigenvalue weighted by Gasteiger charge is 2.42. The van der Waals surface area contributed by atoms with Gasteiger partial charge in [0.25, 0.3) is 0 Å². The number of nitrogen functional groups attached to an aromatic ring is 2. The lowest BCUT2D eigenvalue weighted by Crippen LogP contribution is -2.38. The van der Waals surface area contributed by atoms with Gasteiger partial charge in [-0.2, -0.15) is 0 Å². The molecule has 0 amide bonds. The molecule has 0 radical (unpaired) electrons. The number of hydrogen-bond donors (Lipinski definition) is 2. The first-order valence-corrected chi connectivity index (χ1v) is 18.2. The van der Waals surface area contributed by atoms with Crippen molar-refractivity contribution in [1.82, 2.24) is 0 Å². The van der Waals surface area contributed by atoms with Crippen molar-refractivity contribution in [3.8, 4) is 0 Å². The van der Waals surface area contributed by atoms with Gasteiger partial charge in [0, 0.05) is 28.6 Å². The van der Waals surface area contributed by atoms with E-state index in [9.17, 15) is 0 Å². The molecule has 1 saturated carbocycles. The van der Waals surface area contributed by atoms with Crippen LogP contribution < -0.4 is 11.5 Å². The van der Waals surface area contributed by atoms with E-state index in [0.717, 1.165) is 11.4 Å². The average Bonchev–Trinajstić information content (AvgIpc) is 3.07. The predicted octanol–water partition coefficient (Wildman–Crippen LogP) is 12.0. The molecule has 0 aromatic heterocycles. The van der Waals surface area contributed by atoms with Gasteiger partial charge in [0.1, 0.15) is 0 Å². The summed E-state index contributed by atoms with van der Waals surface area (Å²) in [5.41, 5.74) is 24.9. The van der Waals surface area contributed by atoms with Gasteiger partial charge in [0.15, 0.2) is 0 Å². The van der Waals surface area contributed by atoms with Crippen molar-refractivity contribution in [2.45, 2.75) is 122 Å². The van der Waals surface area contributed by atoms with E-state index in [2.05, 4.69) is 107 Å². The maximum Gasteiger partial charge on any atom is 0.0316 e. The molecule has 0 bridgehead atoms. The second kappa shape index (κ2) is 15.4. The van der Waals surface area contributed by atoms with E-state index in [1.54, 1.807) is 0 Å². The molecule has 4 N–H and O–H groups in total. The Kier molecular flexibility index (Phi) is 11.3. The minimum absolute atomic E-state index is 0.0321. The molecule has 0 spiro atoms. The molecular formula is C44H58N2. The Bertz CT molecular complexity index is 1440. The second-order valence-corrected chi connectivity index (χ2v) is 14.4. The SMILES string of the molecule is CCCCCCCC(c1ccc(C(C)c2ccc(N)cc2C)cc1)(c1ccc(C(C)c2ccc(N)cc2C)cc1)C1CCCCC1. The van der Waals surface area contributed by atoms with E-state index in [0.29, 0.717) is 17.8 Å². The second-order valence-electron chi connectivity index (χ2n) is 14.4. The number of benzene rings is 4. The molecule has 2 atom stereocenters. The summed E-state index contributed by atoms with van der Waals surface area (Å²) in [6.07, 6.45) is 14.5. The third kappa shape index (κ3) is 7.38. The third-order valence-corrected chi connectivity index (χ3v) is 11.3. The number of anilines is 2. The van der Waals surface area contributed by atoms with Crippen molar-refractivity contribution in [2.24, 2.45) is 5.92 Å². The third-order valence-electron chi connectivity index (χ3n) is 11.3. The van der Waals surface area contributed by atoms with Gasteiger partial charge < -0.3 is 11.5 Å². The standard InChI is InChI=1S/C44H58N2/c1-6-7-8-9-13-28-44(37-14-11-10-12-15-37,38-20-16-35(17-21-38)33(4)42-26-24-40(45)29-31(42)2)39-22-18-36(19-23-39)34(5)43-27-25-41(46)30-32(43)3/h16-27,29-30,33-34,37H,6-15,28,45-46H2,1-5H3. The molecule has 4 aromatic rings. The Morgan fingerprint density at radius 2 is 1.07 bits per heavy atom. The highest BCUT2D eigenvalue weighted by Crippen LogP contribution is 2.50. The monoisotopic (exact) mass is 614 g/mol. The minimum Gasteiger partial charge on any atom is -0.399 e. The van der Waals surface area contributed by atoms with E-state index >= 15 is 0 Å². The first-order chi connectivity index (χ1) is 22.2. The van der Waals surface area contributed by atoms with Crippen molar-refractivity contribution in [3.05, 3.63) is 129 Å². The summed E-state index contributed by atoms with van der Waals surface area (Å²) in [5, 5.41) is 0. The first-order valence-electron chi connectivity index (χ1n) is 18.2. The minimum atomic E-state index is 0.0321. The number of aryl methyl sites for hydroxylation is 2. The van der Waals surface area contributed by atoms with Crippen LogP contribution in [0.4, 0.5) is 11.4 Å². The maximum absolute atomic E-state index is 6.09. The first kappa shape index (κ1) is 33.8. The molecule has 0 aliphatic heterocycles. The number of nitrogens with two attached hydrogens (primary N) is 2. The van der Waals surface area contributed by atoms with Crippen LogP contribution in [0.1, 0.15) is 148 Å². The van der Waals surface area contributed by atoms with Gasteiger partial charge >= 0.3 is 0 Å². The van der Waals surface area contributed by atoms with Crippen molar-refractivity contribution in [2.75, 3.05) is 11.5 Å². The molecule has 1 aliphatic rings. The summed E-state index contributed by atoms with van der Waals surface area (Å²) < 4.78 is 0. The number of hydrogen-bond acceptors (Lipinski definition) is 2. The van der Waals surface area contributed by atoms with Gasteiger partial charge in [-0.05, 0) is 108 Å². The van der Waals surface area contributed by atoms with Gasteiger partial charge in [-0.3, -0.25) is 0 Å². The highest BCUT2D eigenvalue weighted by atomic mass is 14.5. The highest BCUT2D eigenvalue weighted by molar-refractivity contribution is 5.50. The van der Waals surface area contributed by atoms with Crippen LogP contribution in [0.15, 0.2) is 84.9 Å². The summed E-state index contributed by atoms with van der Waals surface area (Å²) in [4.78, 5) is 0. The Morgan fingerprint density at radius 3 is 1.50 bits per heavy atom. The molecule has 244 valence electrons. The van der Waals surface area contributed by atoms with Crippen molar-refractivity contribution in [1.29, 1.82) is 0 Å². The van der Waals surface area contributed by atoms with Crippen molar-refractivity contribution >= 4 is 11.4 Å². The van der Waals surface area contributed by atoms with E-state index in [1.807, 2.05) is 12.1 Å². The fourth-order valence-electron chi connectivity index (χ4n) is 8.60.